The van der Waals surface area contributed by atoms with Crippen molar-refractivity contribution in [1.82, 2.24) is 5.32 Å². The Balaban J connectivity index is 2.01. The largest absolute Gasteiger partial charge is 0.481 e. The van der Waals surface area contributed by atoms with Crippen molar-refractivity contribution in [1.29, 1.82) is 0 Å². The molecular formula is C17H18FNO4. The van der Waals surface area contributed by atoms with E-state index in [1.807, 2.05) is 6.92 Å². The second-order valence-electron chi connectivity index (χ2n) is 5.20. The zero-order valence-corrected chi connectivity index (χ0v) is 12.7. The van der Waals surface area contributed by atoms with Gasteiger partial charge in [-0.3, -0.25) is 9.59 Å². The van der Waals surface area contributed by atoms with E-state index < -0.39 is 17.8 Å². The summed E-state index contributed by atoms with van der Waals surface area (Å²) in [7, 11) is 0. The van der Waals surface area contributed by atoms with Crippen molar-refractivity contribution in [3.63, 3.8) is 0 Å². The minimum absolute atomic E-state index is 0.0502. The van der Waals surface area contributed by atoms with Gasteiger partial charge in [-0.25, -0.2) is 4.39 Å². The molecule has 23 heavy (non-hydrogen) atoms. The molecule has 0 saturated heterocycles. The number of benzene rings is 1. The van der Waals surface area contributed by atoms with Gasteiger partial charge in [0.25, 0.3) is 5.91 Å². The maximum Gasteiger partial charge on any atom is 0.308 e. The maximum absolute atomic E-state index is 12.9. The summed E-state index contributed by atoms with van der Waals surface area (Å²) in [4.78, 5) is 23.1. The summed E-state index contributed by atoms with van der Waals surface area (Å²) < 4.78 is 18.3. The molecule has 1 aromatic carbocycles. The van der Waals surface area contributed by atoms with Crippen LogP contribution in [0.4, 0.5) is 4.39 Å². The topological polar surface area (TPSA) is 79.5 Å². The zero-order chi connectivity index (χ0) is 16.8. The van der Waals surface area contributed by atoms with Crippen LogP contribution in [0.15, 0.2) is 40.8 Å². The Hall–Kier alpha value is -2.63. The minimum Gasteiger partial charge on any atom is -0.481 e. The molecule has 0 aliphatic heterocycles. The Labute approximate surface area is 133 Å². The van der Waals surface area contributed by atoms with Gasteiger partial charge in [-0.1, -0.05) is 13.3 Å². The summed E-state index contributed by atoms with van der Waals surface area (Å²) >= 11 is 0. The summed E-state index contributed by atoms with van der Waals surface area (Å²) in [6.07, 6.45) is 1.22. The van der Waals surface area contributed by atoms with Crippen LogP contribution in [0.2, 0.25) is 0 Å². The number of nitrogens with one attached hydrogen (secondary N) is 1. The summed E-state index contributed by atoms with van der Waals surface area (Å²) in [6, 6.07) is 8.83. The number of halogens is 1. The first-order chi connectivity index (χ1) is 11.0. The van der Waals surface area contributed by atoms with Crippen molar-refractivity contribution in [3.05, 3.63) is 48.0 Å². The third-order valence-corrected chi connectivity index (χ3v) is 3.45. The van der Waals surface area contributed by atoms with Crippen LogP contribution in [0, 0.1) is 11.7 Å². The number of furan rings is 1. The van der Waals surface area contributed by atoms with Gasteiger partial charge in [-0.05, 0) is 42.8 Å². The van der Waals surface area contributed by atoms with E-state index in [0.29, 0.717) is 17.7 Å². The van der Waals surface area contributed by atoms with E-state index in [1.165, 1.54) is 18.2 Å². The van der Waals surface area contributed by atoms with E-state index in [4.69, 9.17) is 9.52 Å². The quantitative estimate of drug-likeness (QED) is 0.820. The number of rotatable bonds is 7. The van der Waals surface area contributed by atoms with Gasteiger partial charge in [0.2, 0.25) is 0 Å². The normalized spacial score (nSPS) is 11.9. The highest BCUT2D eigenvalue weighted by Gasteiger charge is 2.19. The first-order valence-electron chi connectivity index (χ1n) is 7.38. The molecule has 1 atom stereocenters. The molecule has 1 unspecified atom stereocenters. The fraction of sp³-hybridized carbons (Fsp3) is 0.294. The molecule has 2 rings (SSSR count). The number of carboxylic acids is 1. The Kier molecular flexibility index (Phi) is 5.51. The molecule has 1 heterocycles. The molecule has 122 valence electrons. The molecule has 2 N–H and O–H groups in total. The monoisotopic (exact) mass is 319 g/mol. The Bertz CT molecular complexity index is 678. The van der Waals surface area contributed by atoms with Crippen molar-refractivity contribution >= 4 is 11.9 Å². The smallest absolute Gasteiger partial charge is 0.308 e. The van der Waals surface area contributed by atoms with E-state index in [9.17, 15) is 14.0 Å². The first-order valence-corrected chi connectivity index (χ1v) is 7.38. The molecule has 0 aliphatic carbocycles. The molecule has 0 aliphatic rings. The Morgan fingerprint density at radius 3 is 2.52 bits per heavy atom. The molecular weight excluding hydrogens is 301 g/mol. The van der Waals surface area contributed by atoms with Gasteiger partial charge in [0.05, 0.1) is 5.92 Å². The summed E-state index contributed by atoms with van der Waals surface area (Å²) in [5, 5.41) is 11.6. The van der Waals surface area contributed by atoms with Crippen molar-refractivity contribution in [2.45, 2.75) is 19.8 Å². The van der Waals surface area contributed by atoms with E-state index >= 15 is 0 Å². The standard InChI is InChI=1S/C17H18FNO4/c1-2-3-12(17(21)22)10-19-16(20)15-9-8-14(23-15)11-4-6-13(18)7-5-11/h4-9,12H,2-3,10H2,1H3,(H,19,20)(H,21,22). The lowest BCUT2D eigenvalue weighted by Crippen LogP contribution is -2.32. The molecule has 6 heteroatoms. The Morgan fingerprint density at radius 1 is 1.22 bits per heavy atom. The van der Waals surface area contributed by atoms with Crippen LogP contribution in [-0.2, 0) is 4.79 Å². The number of hydrogen-bond acceptors (Lipinski definition) is 3. The Morgan fingerprint density at radius 2 is 1.91 bits per heavy atom. The fourth-order valence-electron chi connectivity index (χ4n) is 2.19. The molecule has 0 radical (unpaired) electrons. The number of carbonyl (C=O) groups excluding carboxylic acids is 1. The predicted octanol–water partition coefficient (Wildman–Crippen LogP) is 3.32. The summed E-state index contributed by atoms with van der Waals surface area (Å²) in [6.45, 7) is 1.94. The maximum atomic E-state index is 12.9. The second-order valence-corrected chi connectivity index (χ2v) is 5.20. The highest BCUT2D eigenvalue weighted by molar-refractivity contribution is 5.92. The average Bonchev–Trinajstić information content (AvgIpc) is 3.01. The third-order valence-electron chi connectivity index (χ3n) is 3.45. The van der Waals surface area contributed by atoms with Crippen LogP contribution in [0.1, 0.15) is 30.3 Å². The second kappa shape index (κ2) is 7.58. The minimum atomic E-state index is -0.932. The van der Waals surface area contributed by atoms with Crippen LogP contribution in [0.25, 0.3) is 11.3 Å². The van der Waals surface area contributed by atoms with Crippen LogP contribution in [-0.4, -0.2) is 23.5 Å². The van der Waals surface area contributed by atoms with Crippen molar-refractivity contribution in [2.75, 3.05) is 6.54 Å². The van der Waals surface area contributed by atoms with Crippen LogP contribution < -0.4 is 5.32 Å². The van der Waals surface area contributed by atoms with Gasteiger partial charge < -0.3 is 14.8 Å². The lowest BCUT2D eigenvalue weighted by molar-refractivity contribution is -0.141. The predicted molar refractivity (Wildman–Crippen MR) is 82.5 cm³/mol. The molecule has 5 nitrogen and oxygen atoms in total. The number of carboxylic acid groups (broad SMARTS) is 1. The van der Waals surface area contributed by atoms with E-state index in [0.717, 1.165) is 6.42 Å². The van der Waals surface area contributed by atoms with Crippen LogP contribution in [0.5, 0.6) is 0 Å². The van der Waals surface area contributed by atoms with E-state index in [-0.39, 0.29) is 18.1 Å². The average molecular weight is 319 g/mol. The third kappa shape index (κ3) is 4.42. The number of carbonyl (C=O) groups is 2. The van der Waals surface area contributed by atoms with Crippen LogP contribution in [0.3, 0.4) is 0 Å². The summed E-state index contributed by atoms with van der Waals surface area (Å²) in [5.74, 6) is -1.84. The highest BCUT2D eigenvalue weighted by atomic mass is 19.1. The van der Waals surface area contributed by atoms with E-state index in [2.05, 4.69) is 5.32 Å². The first kappa shape index (κ1) is 16.7. The van der Waals surface area contributed by atoms with Gasteiger partial charge in [-0.15, -0.1) is 0 Å². The molecule has 1 amide bonds. The molecule has 0 bridgehead atoms. The lowest BCUT2D eigenvalue weighted by atomic mass is 10.0. The molecule has 0 saturated carbocycles. The lowest BCUT2D eigenvalue weighted by Gasteiger charge is -2.11. The SMILES string of the molecule is CCCC(CNC(=O)c1ccc(-c2ccc(F)cc2)o1)C(=O)O. The van der Waals surface area contributed by atoms with Gasteiger partial charge in [-0.2, -0.15) is 0 Å². The van der Waals surface area contributed by atoms with Gasteiger partial charge >= 0.3 is 5.97 Å². The molecule has 1 aromatic heterocycles. The molecule has 0 fully saturated rings. The van der Waals surface area contributed by atoms with Gasteiger partial charge in [0, 0.05) is 12.1 Å². The fourth-order valence-corrected chi connectivity index (χ4v) is 2.19. The zero-order valence-electron chi connectivity index (χ0n) is 12.7. The number of amides is 1. The van der Waals surface area contributed by atoms with Crippen LogP contribution >= 0.6 is 0 Å². The van der Waals surface area contributed by atoms with Gasteiger partial charge in [0.1, 0.15) is 11.6 Å². The van der Waals surface area contributed by atoms with E-state index in [1.54, 1.807) is 18.2 Å². The highest BCUT2D eigenvalue weighted by Crippen LogP contribution is 2.22. The van der Waals surface area contributed by atoms with Crippen molar-refractivity contribution in [3.8, 4) is 11.3 Å². The van der Waals surface area contributed by atoms with Crippen molar-refractivity contribution in [2.24, 2.45) is 5.92 Å². The molecule has 2 aromatic rings. The van der Waals surface area contributed by atoms with Gasteiger partial charge in [0.15, 0.2) is 5.76 Å². The molecule has 0 spiro atoms. The number of aliphatic carboxylic acids is 1. The van der Waals surface area contributed by atoms with Crippen molar-refractivity contribution < 1.29 is 23.5 Å². The summed E-state index contributed by atoms with van der Waals surface area (Å²) in [5.41, 5.74) is 0.653. The number of hydrogen-bond donors (Lipinski definition) is 2.